The van der Waals surface area contributed by atoms with Gasteiger partial charge in [-0.1, -0.05) is 28.1 Å². The Balaban J connectivity index is 1.62. The standard InChI is InChI=1S/C26H24BrN5S/c1-17-14-22(18(2)31(17)16-19-6-5-12-28-15-19)25-24(23-7-3-4-13-29-23)30-26(33)32(25)21-10-8-20(27)9-11-21/h3-15,24-25H,16H2,1-2H3,(H,30,33)/t24-,25-/m0/s1. The zero-order chi connectivity index (χ0) is 22.9. The molecule has 0 spiro atoms. The van der Waals surface area contributed by atoms with E-state index in [9.17, 15) is 0 Å². The highest BCUT2D eigenvalue weighted by Gasteiger charge is 2.42. The van der Waals surface area contributed by atoms with E-state index in [0.717, 1.165) is 22.4 Å². The number of hydrogen-bond acceptors (Lipinski definition) is 3. The number of thiocarbonyl (C=S) groups is 1. The Hall–Kier alpha value is -3.03. The van der Waals surface area contributed by atoms with Gasteiger partial charge in [0.1, 0.15) is 0 Å². The summed E-state index contributed by atoms with van der Waals surface area (Å²) in [6, 6.07) is 20.6. The Bertz CT molecular complexity index is 1270. The SMILES string of the molecule is Cc1cc([C@H]2[C@H](c3ccccn3)NC(=S)N2c2ccc(Br)cc2)c(C)n1Cc1cccnc1. The highest BCUT2D eigenvalue weighted by atomic mass is 79.9. The van der Waals surface area contributed by atoms with E-state index in [2.05, 4.69) is 97.0 Å². The largest absolute Gasteiger partial charge is 0.351 e. The minimum Gasteiger partial charge on any atom is -0.351 e. The van der Waals surface area contributed by atoms with Crippen LogP contribution in [0.2, 0.25) is 0 Å². The third-order valence-corrected chi connectivity index (χ3v) is 7.04. The number of rotatable bonds is 5. The van der Waals surface area contributed by atoms with Crippen molar-refractivity contribution in [3.63, 3.8) is 0 Å². The first kappa shape index (κ1) is 21.8. The second-order valence-corrected chi connectivity index (χ2v) is 9.55. The van der Waals surface area contributed by atoms with Gasteiger partial charge in [-0.05, 0) is 85.7 Å². The lowest BCUT2D eigenvalue weighted by atomic mass is 9.96. The van der Waals surface area contributed by atoms with Crippen LogP contribution in [0.3, 0.4) is 0 Å². The van der Waals surface area contributed by atoms with Crippen LogP contribution in [0, 0.1) is 13.8 Å². The smallest absolute Gasteiger partial charge is 0.174 e. The Morgan fingerprint density at radius 1 is 1.03 bits per heavy atom. The Morgan fingerprint density at radius 2 is 1.85 bits per heavy atom. The molecule has 1 N–H and O–H groups in total. The Kier molecular flexibility index (Phi) is 6.00. The monoisotopic (exact) mass is 517 g/mol. The summed E-state index contributed by atoms with van der Waals surface area (Å²) in [6.07, 6.45) is 5.57. The van der Waals surface area contributed by atoms with Crippen molar-refractivity contribution in [2.75, 3.05) is 4.90 Å². The van der Waals surface area contributed by atoms with Crippen molar-refractivity contribution in [2.45, 2.75) is 32.5 Å². The van der Waals surface area contributed by atoms with Crippen LogP contribution in [-0.2, 0) is 6.54 Å². The van der Waals surface area contributed by atoms with Gasteiger partial charge in [0.15, 0.2) is 5.11 Å². The number of hydrogen-bond donors (Lipinski definition) is 1. The fourth-order valence-corrected chi connectivity index (χ4v) is 5.21. The molecule has 0 radical (unpaired) electrons. The molecule has 33 heavy (non-hydrogen) atoms. The first-order valence-corrected chi connectivity index (χ1v) is 12.0. The van der Waals surface area contributed by atoms with Crippen molar-refractivity contribution < 1.29 is 0 Å². The molecule has 2 atom stereocenters. The van der Waals surface area contributed by atoms with Crippen molar-refractivity contribution in [1.29, 1.82) is 0 Å². The molecule has 1 saturated heterocycles. The molecule has 0 aliphatic carbocycles. The summed E-state index contributed by atoms with van der Waals surface area (Å²) in [4.78, 5) is 11.2. The lowest BCUT2D eigenvalue weighted by Gasteiger charge is -2.28. The van der Waals surface area contributed by atoms with Gasteiger partial charge in [0, 0.05) is 46.7 Å². The van der Waals surface area contributed by atoms with Gasteiger partial charge in [0.2, 0.25) is 0 Å². The number of aryl methyl sites for hydroxylation is 1. The normalized spacial score (nSPS) is 17.9. The van der Waals surface area contributed by atoms with Crippen molar-refractivity contribution >= 4 is 38.9 Å². The maximum atomic E-state index is 5.86. The molecule has 0 bridgehead atoms. The zero-order valence-electron chi connectivity index (χ0n) is 18.4. The highest BCUT2D eigenvalue weighted by molar-refractivity contribution is 9.10. The van der Waals surface area contributed by atoms with Gasteiger partial charge in [-0.25, -0.2) is 0 Å². The average Bonchev–Trinajstić information content (AvgIpc) is 3.32. The first-order valence-electron chi connectivity index (χ1n) is 10.8. The third kappa shape index (κ3) is 4.18. The molecule has 4 heterocycles. The van der Waals surface area contributed by atoms with Crippen LogP contribution >= 0.6 is 28.1 Å². The summed E-state index contributed by atoms with van der Waals surface area (Å²) in [5.41, 5.74) is 6.87. The number of nitrogens with zero attached hydrogens (tertiary/aromatic N) is 4. The van der Waals surface area contributed by atoms with Gasteiger partial charge in [0.05, 0.1) is 17.8 Å². The molecule has 7 heteroatoms. The predicted molar refractivity (Wildman–Crippen MR) is 139 cm³/mol. The van der Waals surface area contributed by atoms with Gasteiger partial charge < -0.3 is 14.8 Å². The van der Waals surface area contributed by atoms with E-state index in [1.54, 1.807) is 0 Å². The van der Waals surface area contributed by atoms with Crippen molar-refractivity contribution in [2.24, 2.45) is 0 Å². The van der Waals surface area contributed by atoms with Crippen LogP contribution in [-0.4, -0.2) is 19.6 Å². The topological polar surface area (TPSA) is 46.0 Å². The molecule has 1 fully saturated rings. The van der Waals surface area contributed by atoms with Crippen molar-refractivity contribution in [1.82, 2.24) is 19.9 Å². The van der Waals surface area contributed by atoms with E-state index in [0.29, 0.717) is 5.11 Å². The van der Waals surface area contributed by atoms with Crippen LogP contribution < -0.4 is 10.2 Å². The van der Waals surface area contributed by atoms with Gasteiger partial charge in [-0.15, -0.1) is 0 Å². The molecule has 5 nitrogen and oxygen atoms in total. The molecule has 4 aromatic rings. The van der Waals surface area contributed by atoms with E-state index < -0.39 is 0 Å². The zero-order valence-corrected chi connectivity index (χ0v) is 20.8. The minimum absolute atomic E-state index is 0.0255. The van der Waals surface area contributed by atoms with Gasteiger partial charge >= 0.3 is 0 Å². The van der Waals surface area contributed by atoms with E-state index in [-0.39, 0.29) is 12.1 Å². The number of halogens is 1. The average molecular weight is 518 g/mol. The quantitative estimate of drug-likeness (QED) is 0.334. The molecule has 1 aliphatic rings. The van der Waals surface area contributed by atoms with E-state index in [1.807, 2.05) is 36.8 Å². The van der Waals surface area contributed by atoms with E-state index in [4.69, 9.17) is 12.2 Å². The number of anilines is 1. The molecule has 0 amide bonds. The maximum absolute atomic E-state index is 5.86. The summed E-state index contributed by atoms with van der Waals surface area (Å²) < 4.78 is 3.39. The van der Waals surface area contributed by atoms with Crippen LogP contribution in [0.25, 0.3) is 0 Å². The van der Waals surface area contributed by atoms with Crippen molar-refractivity contribution in [3.8, 4) is 0 Å². The minimum atomic E-state index is -0.0605. The van der Waals surface area contributed by atoms with Gasteiger partial charge in [-0.3, -0.25) is 9.97 Å². The number of benzene rings is 1. The first-order chi connectivity index (χ1) is 16.0. The predicted octanol–water partition coefficient (Wildman–Crippen LogP) is 5.88. The fourth-order valence-electron chi connectivity index (χ4n) is 4.60. The Labute approximate surface area is 207 Å². The van der Waals surface area contributed by atoms with Gasteiger partial charge in [0.25, 0.3) is 0 Å². The molecule has 5 rings (SSSR count). The highest BCUT2D eigenvalue weighted by Crippen LogP contribution is 2.43. The molecular formula is C26H24BrN5S. The van der Waals surface area contributed by atoms with Crippen LogP contribution in [0.1, 0.15) is 40.3 Å². The van der Waals surface area contributed by atoms with Crippen LogP contribution in [0.4, 0.5) is 5.69 Å². The molecule has 1 aromatic carbocycles. The van der Waals surface area contributed by atoms with Crippen LogP contribution in [0.15, 0.2) is 83.7 Å². The summed E-state index contributed by atoms with van der Waals surface area (Å²) in [5, 5.41) is 4.26. The number of aromatic nitrogens is 3. The summed E-state index contributed by atoms with van der Waals surface area (Å²) >= 11 is 9.41. The van der Waals surface area contributed by atoms with E-state index >= 15 is 0 Å². The lowest BCUT2D eigenvalue weighted by Crippen LogP contribution is -2.29. The second kappa shape index (κ2) is 9.08. The van der Waals surface area contributed by atoms with Crippen molar-refractivity contribution in [3.05, 3.63) is 112 Å². The molecule has 0 unspecified atom stereocenters. The molecule has 166 valence electrons. The maximum Gasteiger partial charge on any atom is 0.174 e. The molecule has 1 aliphatic heterocycles. The van der Waals surface area contributed by atoms with Crippen LogP contribution in [0.5, 0.6) is 0 Å². The summed E-state index contributed by atoms with van der Waals surface area (Å²) in [6.45, 7) is 5.13. The Morgan fingerprint density at radius 3 is 2.55 bits per heavy atom. The third-order valence-electron chi connectivity index (χ3n) is 6.20. The van der Waals surface area contributed by atoms with E-state index in [1.165, 1.54) is 22.5 Å². The molecule has 0 saturated carbocycles. The number of nitrogens with one attached hydrogen (secondary N) is 1. The summed E-state index contributed by atoms with van der Waals surface area (Å²) in [5.74, 6) is 0. The summed E-state index contributed by atoms with van der Waals surface area (Å²) in [7, 11) is 0. The second-order valence-electron chi connectivity index (χ2n) is 8.25. The fraction of sp³-hybridized carbons (Fsp3) is 0.192. The molecule has 3 aromatic heterocycles. The van der Waals surface area contributed by atoms with Gasteiger partial charge in [-0.2, -0.15) is 0 Å². The lowest BCUT2D eigenvalue weighted by molar-refractivity contribution is 0.563. The number of pyridine rings is 2. The molecular weight excluding hydrogens is 494 g/mol.